The molecule has 0 heterocycles. The largest absolute Gasteiger partial charge is 0.508 e. The molecule has 0 saturated heterocycles. The average Bonchev–Trinajstić information content (AvgIpc) is 2.02. The monoisotopic (exact) mass is 183 g/mol. The number of nitro groups is 1. The Kier molecular flexibility index (Phi) is 2.59. The lowest BCUT2D eigenvalue weighted by Crippen LogP contribution is -1.85. The van der Waals surface area contributed by atoms with Gasteiger partial charge in [-0.1, -0.05) is 0 Å². The highest BCUT2D eigenvalue weighted by Crippen LogP contribution is 2.15. The SMILES string of the molecule is O=[N+]([O-])/C=C/c1ccc(O)cc1F. The second kappa shape index (κ2) is 3.66. The third-order valence-electron chi connectivity index (χ3n) is 1.36. The highest BCUT2D eigenvalue weighted by molar-refractivity contribution is 5.50. The van der Waals surface area contributed by atoms with E-state index in [0.717, 1.165) is 12.1 Å². The first kappa shape index (κ1) is 9.18. The number of hydrogen-bond donors (Lipinski definition) is 1. The molecule has 0 spiro atoms. The van der Waals surface area contributed by atoms with E-state index in [4.69, 9.17) is 5.11 Å². The lowest BCUT2D eigenvalue weighted by molar-refractivity contribution is -0.400. The quantitative estimate of drug-likeness (QED) is 0.561. The first-order valence-electron chi connectivity index (χ1n) is 3.40. The second-order valence-corrected chi connectivity index (χ2v) is 2.31. The summed E-state index contributed by atoms with van der Waals surface area (Å²) in [5.41, 5.74) is 0.0644. The van der Waals surface area contributed by atoms with Gasteiger partial charge in [0.1, 0.15) is 11.6 Å². The summed E-state index contributed by atoms with van der Waals surface area (Å²) in [5.74, 6) is -0.908. The van der Waals surface area contributed by atoms with Crippen molar-refractivity contribution in [2.45, 2.75) is 0 Å². The standard InChI is InChI=1S/C8H6FNO3/c9-8-5-7(11)2-1-6(8)3-4-10(12)13/h1-5,11H/b4-3+. The zero-order chi connectivity index (χ0) is 9.84. The molecule has 0 atom stereocenters. The van der Waals surface area contributed by atoms with Gasteiger partial charge in [-0.25, -0.2) is 4.39 Å². The van der Waals surface area contributed by atoms with Crippen LogP contribution in [0, 0.1) is 15.9 Å². The third kappa shape index (κ3) is 2.55. The molecule has 1 N–H and O–H groups in total. The number of rotatable bonds is 2. The minimum absolute atomic E-state index is 0.0644. The van der Waals surface area contributed by atoms with Gasteiger partial charge in [0.2, 0.25) is 6.20 Å². The van der Waals surface area contributed by atoms with Crippen LogP contribution >= 0.6 is 0 Å². The zero-order valence-electron chi connectivity index (χ0n) is 6.48. The highest BCUT2D eigenvalue weighted by atomic mass is 19.1. The minimum Gasteiger partial charge on any atom is -0.508 e. The molecule has 0 fully saturated rings. The molecule has 5 heteroatoms. The van der Waals surface area contributed by atoms with Crippen LogP contribution in [0.4, 0.5) is 4.39 Å². The van der Waals surface area contributed by atoms with Crippen molar-refractivity contribution >= 4 is 6.08 Å². The van der Waals surface area contributed by atoms with Gasteiger partial charge in [-0.15, -0.1) is 0 Å². The maximum Gasteiger partial charge on any atom is 0.235 e. The lowest BCUT2D eigenvalue weighted by Gasteiger charge is -1.95. The lowest BCUT2D eigenvalue weighted by atomic mass is 10.2. The fraction of sp³-hybridized carbons (Fsp3) is 0. The maximum absolute atomic E-state index is 12.9. The second-order valence-electron chi connectivity index (χ2n) is 2.31. The Balaban J connectivity index is 2.96. The molecule has 1 aromatic carbocycles. The molecular weight excluding hydrogens is 177 g/mol. The zero-order valence-corrected chi connectivity index (χ0v) is 6.48. The Labute approximate surface area is 73.1 Å². The predicted octanol–water partition coefficient (Wildman–Crippen LogP) is 1.78. The van der Waals surface area contributed by atoms with Gasteiger partial charge in [0.05, 0.1) is 4.92 Å². The molecule has 0 aliphatic rings. The number of nitrogens with zero attached hydrogens (tertiary/aromatic N) is 1. The molecule has 68 valence electrons. The molecule has 0 aliphatic heterocycles. The summed E-state index contributed by atoms with van der Waals surface area (Å²) in [6.07, 6.45) is 1.66. The summed E-state index contributed by atoms with van der Waals surface area (Å²) < 4.78 is 12.9. The van der Waals surface area contributed by atoms with E-state index < -0.39 is 10.7 Å². The summed E-state index contributed by atoms with van der Waals surface area (Å²) in [7, 11) is 0. The molecule has 1 aromatic rings. The molecule has 0 radical (unpaired) electrons. The first-order chi connectivity index (χ1) is 6.09. The minimum atomic E-state index is -0.696. The molecule has 0 amide bonds. The fourth-order valence-corrected chi connectivity index (χ4v) is 0.792. The molecule has 0 saturated carbocycles. The molecule has 0 aromatic heterocycles. The van der Waals surface area contributed by atoms with Gasteiger partial charge >= 0.3 is 0 Å². The highest BCUT2D eigenvalue weighted by Gasteiger charge is 2.00. The number of halogens is 1. The van der Waals surface area contributed by atoms with Gasteiger partial charge in [-0.05, 0) is 12.1 Å². The number of hydrogen-bond acceptors (Lipinski definition) is 3. The number of phenolic OH excluding ortho intramolecular Hbond substituents is 1. The Morgan fingerprint density at radius 3 is 2.77 bits per heavy atom. The Hall–Kier alpha value is -1.91. The smallest absolute Gasteiger partial charge is 0.235 e. The molecule has 0 unspecified atom stereocenters. The van der Waals surface area contributed by atoms with E-state index in [1.54, 1.807) is 0 Å². The van der Waals surface area contributed by atoms with Gasteiger partial charge in [0.25, 0.3) is 0 Å². The van der Waals surface area contributed by atoms with Crippen LogP contribution in [0.3, 0.4) is 0 Å². The van der Waals surface area contributed by atoms with Gasteiger partial charge < -0.3 is 5.11 Å². The fourth-order valence-electron chi connectivity index (χ4n) is 0.792. The number of aromatic hydroxyl groups is 1. The number of benzene rings is 1. The average molecular weight is 183 g/mol. The summed E-state index contributed by atoms with van der Waals surface area (Å²) in [6, 6.07) is 3.40. The number of phenols is 1. The van der Waals surface area contributed by atoms with Crippen molar-refractivity contribution in [2.24, 2.45) is 0 Å². The molecule has 4 nitrogen and oxygen atoms in total. The summed E-state index contributed by atoms with van der Waals surface area (Å²) >= 11 is 0. The van der Waals surface area contributed by atoms with E-state index in [2.05, 4.69) is 0 Å². The molecule has 1 rings (SSSR count). The van der Waals surface area contributed by atoms with Crippen LogP contribution in [0.5, 0.6) is 5.75 Å². The van der Waals surface area contributed by atoms with Gasteiger partial charge in [0.15, 0.2) is 0 Å². The van der Waals surface area contributed by atoms with Crippen LogP contribution in [0.2, 0.25) is 0 Å². The van der Waals surface area contributed by atoms with Crippen molar-refractivity contribution in [3.63, 3.8) is 0 Å². The summed E-state index contributed by atoms with van der Waals surface area (Å²) in [6.45, 7) is 0. The topological polar surface area (TPSA) is 63.4 Å². The summed E-state index contributed by atoms with van der Waals surface area (Å²) in [4.78, 5) is 9.21. The molecule has 0 aliphatic carbocycles. The van der Waals surface area contributed by atoms with Crippen LogP contribution in [-0.2, 0) is 0 Å². The molecule has 13 heavy (non-hydrogen) atoms. The van der Waals surface area contributed by atoms with Crippen LogP contribution in [0.25, 0.3) is 6.08 Å². The Morgan fingerprint density at radius 1 is 1.54 bits per heavy atom. The summed E-state index contributed by atoms with van der Waals surface area (Å²) in [5, 5.41) is 18.7. The van der Waals surface area contributed by atoms with E-state index in [9.17, 15) is 14.5 Å². The molecular formula is C8H6FNO3. The van der Waals surface area contributed by atoms with Crippen molar-refractivity contribution < 1.29 is 14.4 Å². The van der Waals surface area contributed by atoms with Crippen molar-refractivity contribution in [3.8, 4) is 5.75 Å². The van der Waals surface area contributed by atoms with E-state index >= 15 is 0 Å². The van der Waals surface area contributed by atoms with Crippen molar-refractivity contribution in [1.29, 1.82) is 0 Å². The van der Waals surface area contributed by atoms with Crippen molar-refractivity contribution in [1.82, 2.24) is 0 Å². The van der Waals surface area contributed by atoms with Crippen molar-refractivity contribution in [2.75, 3.05) is 0 Å². The van der Waals surface area contributed by atoms with Crippen LogP contribution in [0.15, 0.2) is 24.4 Å². The molecule has 0 bridgehead atoms. The van der Waals surface area contributed by atoms with Gasteiger partial charge in [0, 0.05) is 17.7 Å². The van der Waals surface area contributed by atoms with Gasteiger partial charge in [-0.2, -0.15) is 0 Å². The van der Waals surface area contributed by atoms with Gasteiger partial charge in [-0.3, -0.25) is 10.1 Å². The third-order valence-corrected chi connectivity index (χ3v) is 1.36. The first-order valence-corrected chi connectivity index (χ1v) is 3.40. The van der Waals surface area contributed by atoms with E-state index in [1.807, 2.05) is 0 Å². The van der Waals surface area contributed by atoms with E-state index in [0.29, 0.717) is 6.20 Å². The predicted molar refractivity (Wildman–Crippen MR) is 44.1 cm³/mol. The van der Waals surface area contributed by atoms with Crippen LogP contribution < -0.4 is 0 Å². The van der Waals surface area contributed by atoms with E-state index in [1.165, 1.54) is 12.1 Å². The Bertz CT molecular complexity index is 362. The van der Waals surface area contributed by atoms with Crippen LogP contribution in [-0.4, -0.2) is 10.0 Å². The maximum atomic E-state index is 12.9. The Morgan fingerprint density at radius 2 is 2.23 bits per heavy atom. The van der Waals surface area contributed by atoms with E-state index in [-0.39, 0.29) is 11.3 Å². The van der Waals surface area contributed by atoms with Crippen LogP contribution in [0.1, 0.15) is 5.56 Å². The normalized spacial score (nSPS) is 10.5. The van der Waals surface area contributed by atoms with Crippen molar-refractivity contribution in [3.05, 3.63) is 45.9 Å².